The summed E-state index contributed by atoms with van der Waals surface area (Å²) in [6.45, 7) is 1.67. The standard InChI is InChI=1S/C15H14N4O3S/c1-9-4-3-7-17-15(9)23(21,22)19-11-6-2-5-10-8-12(14(16)20)18-13(10)11/h2-8,18-19H,1H3,(H2,16,20). The maximum atomic E-state index is 12.5. The Labute approximate surface area is 132 Å². The average Bonchev–Trinajstić information content (AvgIpc) is 2.92. The first-order valence-corrected chi connectivity index (χ1v) is 8.23. The highest BCUT2D eigenvalue weighted by molar-refractivity contribution is 7.92. The molecule has 4 N–H and O–H groups in total. The first kappa shape index (κ1) is 15.0. The van der Waals surface area contributed by atoms with Crippen LogP contribution in [0.1, 0.15) is 16.1 Å². The lowest BCUT2D eigenvalue weighted by molar-refractivity contribution is 0.0996. The smallest absolute Gasteiger partial charge is 0.279 e. The number of nitrogens with zero attached hydrogens (tertiary/aromatic N) is 1. The van der Waals surface area contributed by atoms with Gasteiger partial charge in [-0.1, -0.05) is 18.2 Å². The Morgan fingerprint density at radius 2 is 2.04 bits per heavy atom. The van der Waals surface area contributed by atoms with Crippen molar-refractivity contribution in [2.45, 2.75) is 11.9 Å². The van der Waals surface area contributed by atoms with Crippen LogP contribution in [-0.2, 0) is 10.0 Å². The number of nitrogens with one attached hydrogen (secondary N) is 2. The summed E-state index contributed by atoms with van der Waals surface area (Å²) >= 11 is 0. The third kappa shape index (κ3) is 2.76. The molecule has 7 nitrogen and oxygen atoms in total. The van der Waals surface area contributed by atoms with Crippen LogP contribution in [0.25, 0.3) is 10.9 Å². The molecule has 2 aromatic heterocycles. The van der Waals surface area contributed by atoms with Gasteiger partial charge < -0.3 is 10.7 Å². The van der Waals surface area contributed by atoms with Crippen molar-refractivity contribution in [1.29, 1.82) is 0 Å². The third-order valence-corrected chi connectivity index (χ3v) is 4.81. The Morgan fingerprint density at radius 1 is 1.26 bits per heavy atom. The number of hydrogen-bond donors (Lipinski definition) is 3. The number of aromatic nitrogens is 2. The molecule has 1 aromatic carbocycles. The maximum Gasteiger partial charge on any atom is 0.279 e. The first-order valence-electron chi connectivity index (χ1n) is 6.74. The topological polar surface area (TPSA) is 118 Å². The third-order valence-electron chi connectivity index (χ3n) is 3.38. The number of amides is 1. The van der Waals surface area contributed by atoms with E-state index in [9.17, 15) is 13.2 Å². The van der Waals surface area contributed by atoms with Gasteiger partial charge in [0.05, 0.1) is 11.2 Å². The van der Waals surface area contributed by atoms with E-state index < -0.39 is 15.9 Å². The quantitative estimate of drug-likeness (QED) is 0.675. The largest absolute Gasteiger partial charge is 0.364 e. The summed E-state index contributed by atoms with van der Waals surface area (Å²) in [5.41, 5.74) is 6.80. The number of aryl methyl sites for hydroxylation is 1. The first-order chi connectivity index (χ1) is 10.9. The number of pyridine rings is 1. The molecule has 0 spiro atoms. The van der Waals surface area contributed by atoms with Gasteiger partial charge in [-0.2, -0.15) is 8.42 Å². The molecule has 0 aliphatic rings. The van der Waals surface area contributed by atoms with Gasteiger partial charge in [-0.15, -0.1) is 0 Å². The molecular formula is C15H14N4O3S. The summed E-state index contributed by atoms with van der Waals surface area (Å²) in [5, 5.41) is 0.635. The fourth-order valence-electron chi connectivity index (χ4n) is 2.32. The SMILES string of the molecule is Cc1cccnc1S(=O)(=O)Nc1cccc2cc(C(N)=O)[nH]c12. The van der Waals surface area contributed by atoms with Crippen LogP contribution < -0.4 is 10.5 Å². The lowest BCUT2D eigenvalue weighted by Gasteiger charge is -2.10. The van der Waals surface area contributed by atoms with Crippen molar-refractivity contribution >= 4 is 32.5 Å². The van der Waals surface area contributed by atoms with E-state index in [1.165, 1.54) is 6.20 Å². The number of hydrogen-bond acceptors (Lipinski definition) is 4. The van der Waals surface area contributed by atoms with Crippen LogP contribution in [0.3, 0.4) is 0 Å². The zero-order valence-corrected chi connectivity index (χ0v) is 13.0. The number of carbonyl (C=O) groups excluding carboxylic acids is 1. The molecule has 0 bridgehead atoms. The molecule has 0 aliphatic carbocycles. The van der Waals surface area contributed by atoms with Gasteiger partial charge in [-0.05, 0) is 30.7 Å². The molecule has 0 fully saturated rings. The van der Waals surface area contributed by atoms with E-state index in [2.05, 4.69) is 14.7 Å². The molecule has 2 heterocycles. The molecule has 23 heavy (non-hydrogen) atoms. The van der Waals surface area contributed by atoms with Crippen LogP contribution in [0.2, 0.25) is 0 Å². The number of anilines is 1. The minimum atomic E-state index is -3.84. The van der Waals surface area contributed by atoms with Gasteiger partial charge >= 0.3 is 0 Å². The second kappa shape index (κ2) is 5.40. The monoisotopic (exact) mass is 330 g/mol. The Bertz CT molecular complexity index is 1010. The fraction of sp³-hybridized carbons (Fsp3) is 0.0667. The Balaban J connectivity index is 2.08. The number of sulfonamides is 1. The van der Waals surface area contributed by atoms with Gasteiger partial charge in [0.15, 0.2) is 5.03 Å². The van der Waals surface area contributed by atoms with Gasteiger partial charge in [-0.3, -0.25) is 9.52 Å². The molecule has 118 valence electrons. The molecule has 1 amide bonds. The number of primary amides is 1. The summed E-state index contributed by atoms with van der Waals surface area (Å²) in [4.78, 5) is 18.0. The second-order valence-electron chi connectivity index (χ2n) is 5.05. The van der Waals surface area contributed by atoms with Crippen LogP contribution >= 0.6 is 0 Å². The Morgan fingerprint density at radius 3 is 2.74 bits per heavy atom. The van der Waals surface area contributed by atoms with Crippen molar-refractivity contribution in [3.63, 3.8) is 0 Å². The highest BCUT2D eigenvalue weighted by Crippen LogP contribution is 2.26. The molecule has 0 saturated carbocycles. The summed E-state index contributed by atoms with van der Waals surface area (Å²) in [6.07, 6.45) is 1.42. The van der Waals surface area contributed by atoms with Crippen molar-refractivity contribution < 1.29 is 13.2 Å². The lowest BCUT2D eigenvalue weighted by Crippen LogP contribution is -2.16. The molecule has 0 atom stereocenters. The minimum Gasteiger partial charge on any atom is -0.364 e. The van der Waals surface area contributed by atoms with Crippen molar-refractivity contribution in [3.05, 3.63) is 53.9 Å². The molecule has 3 rings (SSSR count). The van der Waals surface area contributed by atoms with Crippen molar-refractivity contribution in [3.8, 4) is 0 Å². The highest BCUT2D eigenvalue weighted by Gasteiger charge is 2.20. The fourth-order valence-corrected chi connectivity index (χ4v) is 3.57. The lowest BCUT2D eigenvalue weighted by atomic mass is 10.2. The molecular weight excluding hydrogens is 316 g/mol. The van der Waals surface area contributed by atoms with Crippen LogP contribution in [0.4, 0.5) is 5.69 Å². The molecule has 0 aliphatic heterocycles. The predicted molar refractivity (Wildman–Crippen MR) is 86.6 cm³/mol. The Kier molecular flexibility index (Phi) is 3.53. The molecule has 0 saturated heterocycles. The number of nitrogens with two attached hydrogens (primary N) is 1. The van der Waals surface area contributed by atoms with Gasteiger partial charge in [0.2, 0.25) is 0 Å². The summed E-state index contributed by atoms with van der Waals surface area (Å²) in [7, 11) is -3.84. The van der Waals surface area contributed by atoms with E-state index in [0.29, 0.717) is 22.2 Å². The van der Waals surface area contributed by atoms with E-state index in [4.69, 9.17) is 5.73 Å². The summed E-state index contributed by atoms with van der Waals surface area (Å²) in [5.74, 6) is -0.615. The number of para-hydroxylation sites is 1. The predicted octanol–water partition coefficient (Wildman–Crippen LogP) is 1.77. The van der Waals surface area contributed by atoms with Crippen LogP contribution in [0, 0.1) is 6.92 Å². The maximum absolute atomic E-state index is 12.5. The number of H-pyrrole nitrogens is 1. The van der Waals surface area contributed by atoms with Crippen LogP contribution in [0.15, 0.2) is 47.6 Å². The number of carbonyl (C=O) groups is 1. The average molecular weight is 330 g/mol. The number of rotatable bonds is 4. The molecule has 3 aromatic rings. The van der Waals surface area contributed by atoms with E-state index in [1.807, 2.05) is 0 Å². The second-order valence-corrected chi connectivity index (χ2v) is 6.65. The zero-order valence-electron chi connectivity index (χ0n) is 12.2. The number of benzene rings is 1. The molecule has 0 unspecified atom stereocenters. The van der Waals surface area contributed by atoms with Gasteiger partial charge in [0.1, 0.15) is 5.69 Å². The highest BCUT2D eigenvalue weighted by atomic mass is 32.2. The van der Waals surface area contributed by atoms with E-state index in [0.717, 1.165) is 0 Å². The van der Waals surface area contributed by atoms with Gasteiger partial charge in [-0.25, -0.2) is 4.98 Å². The summed E-state index contributed by atoms with van der Waals surface area (Å²) in [6, 6.07) is 9.94. The number of fused-ring (bicyclic) bond motifs is 1. The van der Waals surface area contributed by atoms with Crippen molar-refractivity contribution in [2.24, 2.45) is 5.73 Å². The van der Waals surface area contributed by atoms with Gasteiger partial charge in [0, 0.05) is 11.6 Å². The van der Waals surface area contributed by atoms with Crippen LogP contribution in [0.5, 0.6) is 0 Å². The zero-order chi connectivity index (χ0) is 16.6. The van der Waals surface area contributed by atoms with E-state index in [-0.39, 0.29) is 10.7 Å². The minimum absolute atomic E-state index is 0.0429. The van der Waals surface area contributed by atoms with Gasteiger partial charge in [0.25, 0.3) is 15.9 Å². The van der Waals surface area contributed by atoms with Crippen molar-refractivity contribution in [2.75, 3.05) is 4.72 Å². The summed E-state index contributed by atoms with van der Waals surface area (Å²) < 4.78 is 27.6. The molecule has 8 heteroatoms. The van der Waals surface area contributed by atoms with Crippen molar-refractivity contribution in [1.82, 2.24) is 9.97 Å². The number of aromatic amines is 1. The molecule has 0 radical (unpaired) electrons. The normalized spacial score (nSPS) is 11.5. The van der Waals surface area contributed by atoms with Crippen LogP contribution in [-0.4, -0.2) is 24.3 Å². The van der Waals surface area contributed by atoms with E-state index >= 15 is 0 Å². The van der Waals surface area contributed by atoms with E-state index in [1.54, 1.807) is 43.3 Å². The Hall–Kier alpha value is -2.87.